The van der Waals surface area contributed by atoms with Crippen LogP contribution < -0.4 is 10.9 Å². The molecule has 0 radical (unpaired) electrons. The summed E-state index contributed by atoms with van der Waals surface area (Å²) in [5.74, 6) is 0. The second-order valence-corrected chi connectivity index (χ2v) is 5.83. The highest BCUT2D eigenvalue weighted by Crippen LogP contribution is 2.16. The molecule has 2 aromatic heterocycles. The lowest BCUT2D eigenvalue weighted by Crippen LogP contribution is -2.24. The van der Waals surface area contributed by atoms with Crippen molar-refractivity contribution in [3.05, 3.63) is 81.9 Å². The lowest BCUT2D eigenvalue weighted by molar-refractivity contribution is 0.265. The molecule has 2 N–H and O–H groups in total. The van der Waals surface area contributed by atoms with Crippen molar-refractivity contribution >= 4 is 5.65 Å². The molecule has 1 atom stereocenters. The maximum atomic E-state index is 12.2. The SMILES string of the molecule is Cc1cccn2c(=O)cc(CNC(CCO)c3ccccc3)nc12. The smallest absolute Gasteiger partial charge is 0.258 e. The summed E-state index contributed by atoms with van der Waals surface area (Å²) in [7, 11) is 0. The summed E-state index contributed by atoms with van der Waals surface area (Å²) in [6, 6.07) is 15.3. The first-order chi connectivity index (χ1) is 11.7. The molecule has 0 spiro atoms. The molecule has 0 aliphatic heterocycles. The minimum absolute atomic E-state index is 0.0216. The lowest BCUT2D eigenvalue weighted by Gasteiger charge is -2.18. The van der Waals surface area contributed by atoms with Gasteiger partial charge in [-0.15, -0.1) is 0 Å². The number of hydrogen-bond donors (Lipinski definition) is 2. The van der Waals surface area contributed by atoms with Crippen molar-refractivity contribution < 1.29 is 5.11 Å². The van der Waals surface area contributed by atoms with Gasteiger partial charge in [0, 0.05) is 31.5 Å². The molecule has 0 amide bonds. The van der Waals surface area contributed by atoms with Gasteiger partial charge in [0.15, 0.2) is 0 Å². The molecule has 3 aromatic rings. The number of pyridine rings is 1. The molecule has 1 aromatic carbocycles. The zero-order valence-corrected chi connectivity index (χ0v) is 13.6. The molecule has 0 saturated heterocycles. The van der Waals surface area contributed by atoms with Gasteiger partial charge in [0.05, 0.1) is 5.69 Å². The Kier molecular flexibility index (Phi) is 5.03. The molecule has 0 fully saturated rings. The van der Waals surface area contributed by atoms with Gasteiger partial charge in [-0.05, 0) is 30.5 Å². The Labute approximate surface area is 140 Å². The van der Waals surface area contributed by atoms with Crippen molar-refractivity contribution in [2.24, 2.45) is 0 Å². The first kappa shape index (κ1) is 16.4. The number of hydrogen-bond acceptors (Lipinski definition) is 4. The van der Waals surface area contributed by atoms with E-state index in [9.17, 15) is 9.90 Å². The number of fused-ring (bicyclic) bond motifs is 1. The zero-order valence-electron chi connectivity index (χ0n) is 13.6. The number of benzene rings is 1. The Hall–Kier alpha value is -2.50. The van der Waals surface area contributed by atoms with Gasteiger partial charge in [-0.2, -0.15) is 0 Å². The zero-order chi connectivity index (χ0) is 16.9. The molecule has 1 unspecified atom stereocenters. The van der Waals surface area contributed by atoms with E-state index in [1.54, 1.807) is 16.7 Å². The number of rotatable bonds is 6. The van der Waals surface area contributed by atoms with Crippen LogP contribution in [0.4, 0.5) is 0 Å². The predicted octanol–water partition coefficient (Wildman–Crippen LogP) is 2.22. The number of aliphatic hydroxyl groups is 1. The van der Waals surface area contributed by atoms with Crippen molar-refractivity contribution in [3.8, 4) is 0 Å². The van der Waals surface area contributed by atoms with Gasteiger partial charge in [0.2, 0.25) is 0 Å². The Bertz CT molecular complexity index is 875. The average Bonchev–Trinajstić information content (AvgIpc) is 2.60. The standard InChI is InChI=1S/C19H21N3O2/c1-14-6-5-10-22-18(24)12-16(21-19(14)22)13-20-17(9-11-23)15-7-3-2-4-8-15/h2-8,10,12,17,20,23H,9,11,13H2,1H3. The Morgan fingerprint density at radius 2 is 2.00 bits per heavy atom. The van der Waals surface area contributed by atoms with E-state index in [0.29, 0.717) is 24.3 Å². The Morgan fingerprint density at radius 1 is 1.21 bits per heavy atom. The van der Waals surface area contributed by atoms with Crippen LogP contribution in [0.2, 0.25) is 0 Å². The summed E-state index contributed by atoms with van der Waals surface area (Å²) in [6.45, 7) is 2.51. The lowest BCUT2D eigenvalue weighted by atomic mass is 10.0. The van der Waals surface area contributed by atoms with Crippen LogP contribution in [0.5, 0.6) is 0 Å². The third-order valence-electron chi connectivity index (χ3n) is 4.09. The second-order valence-electron chi connectivity index (χ2n) is 5.83. The molecule has 0 aliphatic rings. The van der Waals surface area contributed by atoms with Gasteiger partial charge < -0.3 is 10.4 Å². The minimum Gasteiger partial charge on any atom is -0.396 e. The van der Waals surface area contributed by atoms with Gasteiger partial charge >= 0.3 is 0 Å². The third kappa shape index (κ3) is 3.53. The normalized spacial score (nSPS) is 12.4. The monoisotopic (exact) mass is 323 g/mol. The average molecular weight is 323 g/mol. The van der Waals surface area contributed by atoms with Crippen molar-refractivity contribution in [2.75, 3.05) is 6.61 Å². The minimum atomic E-state index is -0.0843. The van der Waals surface area contributed by atoms with E-state index in [0.717, 1.165) is 11.1 Å². The molecule has 5 nitrogen and oxygen atoms in total. The summed E-state index contributed by atoms with van der Waals surface area (Å²) in [6.07, 6.45) is 2.34. The molecule has 2 heterocycles. The Morgan fingerprint density at radius 3 is 2.75 bits per heavy atom. The molecule has 24 heavy (non-hydrogen) atoms. The molecule has 0 aliphatic carbocycles. The van der Waals surface area contributed by atoms with E-state index < -0.39 is 0 Å². The third-order valence-corrected chi connectivity index (χ3v) is 4.09. The highest BCUT2D eigenvalue weighted by atomic mass is 16.3. The summed E-state index contributed by atoms with van der Waals surface area (Å²) in [4.78, 5) is 16.8. The summed E-state index contributed by atoms with van der Waals surface area (Å²) >= 11 is 0. The quantitative estimate of drug-likeness (QED) is 0.730. The summed E-state index contributed by atoms with van der Waals surface area (Å²) in [5.41, 5.74) is 3.37. The number of aliphatic hydroxyl groups excluding tert-OH is 1. The summed E-state index contributed by atoms with van der Waals surface area (Å²) in [5, 5.41) is 12.7. The molecular formula is C19H21N3O2. The second kappa shape index (κ2) is 7.38. The van der Waals surface area contributed by atoms with E-state index in [2.05, 4.69) is 10.3 Å². The van der Waals surface area contributed by atoms with E-state index in [-0.39, 0.29) is 18.2 Å². The fourth-order valence-corrected chi connectivity index (χ4v) is 2.83. The van der Waals surface area contributed by atoms with E-state index >= 15 is 0 Å². The van der Waals surface area contributed by atoms with Crippen molar-refractivity contribution in [1.29, 1.82) is 0 Å². The van der Waals surface area contributed by atoms with Gasteiger partial charge in [0.1, 0.15) is 5.65 Å². The fourth-order valence-electron chi connectivity index (χ4n) is 2.83. The van der Waals surface area contributed by atoms with Gasteiger partial charge in [-0.25, -0.2) is 4.98 Å². The largest absolute Gasteiger partial charge is 0.396 e. The fraction of sp³-hybridized carbons (Fsp3) is 0.263. The van der Waals surface area contributed by atoms with Crippen LogP contribution in [-0.2, 0) is 6.54 Å². The predicted molar refractivity (Wildman–Crippen MR) is 93.9 cm³/mol. The van der Waals surface area contributed by atoms with E-state index in [4.69, 9.17) is 0 Å². The van der Waals surface area contributed by atoms with E-state index in [1.807, 2.05) is 49.4 Å². The van der Waals surface area contributed by atoms with Crippen LogP contribution in [0.25, 0.3) is 5.65 Å². The number of aromatic nitrogens is 2. The first-order valence-electron chi connectivity index (χ1n) is 8.06. The van der Waals surface area contributed by atoms with Crippen molar-refractivity contribution in [2.45, 2.75) is 25.9 Å². The maximum absolute atomic E-state index is 12.2. The van der Waals surface area contributed by atoms with Crippen LogP contribution in [0.1, 0.15) is 29.3 Å². The van der Waals surface area contributed by atoms with Gasteiger partial charge in [-0.3, -0.25) is 9.20 Å². The van der Waals surface area contributed by atoms with Crippen molar-refractivity contribution in [3.63, 3.8) is 0 Å². The summed E-state index contributed by atoms with van der Waals surface area (Å²) < 4.78 is 1.56. The number of aryl methyl sites for hydroxylation is 1. The van der Waals surface area contributed by atoms with Crippen LogP contribution in [0.15, 0.2) is 59.5 Å². The van der Waals surface area contributed by atoms with E-state index in [1.165, 1.54) is 0 Å². The molecule has 0 bridgehead atoms. The topological polar surface area (TPSA) is 66.6 Å². The van der Waals surface area contributed by atoms with Crippen LogP contribution >= 0.6 is 0 Å². The van der Waals surface area contributed by atoms with Gasteiger partial charge in [0.25, 0.3) is 5.56 Å². The molecular weight excluding hydrogens is 302 g/mol. The first-order valence-corrected chi connectivity index (χ1v) is 8.06. The molecule has 0 saturated carbocycles. The van der Waals surface area contributed by atoms with Crippen LogP contribution in [0.3, 0.4) is 0 Å². The molecule has 3 rings (SSSR count). The Balaban J connectivity index is 1.84. The van der Waals surface area contributed by atoms with Crippen LogP contribution in [-0.4, -0.2) is 21.1 Å². The number of nitrogens with zero attached hydrogens (tertiary/aromatic N) is 2. The number of nitrogens with one attached hydrogen (secondary N) is 1. The molecule has 124 valence electrons. The van der Waals surface area contributed by atoms with Crippen molar-refractivity contribution in [1.82, 2.24) is 14.7 Å². The highest BCUT2D eigenvalue weighted by Gasteiger charge is 2.11. The highest BCUT2D eigenvalue weighted by molar-refractivity contribution is 5.46. The van der Waals surface area contributed by atoms with Crippen LogP contribution in [0, 0.1) is 6.92 Å². The maximum Gasteiger partial charge on any atom is 0.258 e. The van der Waals surface area contributed by atoms with Gasteiger partial charge in [-0.1, -0.05) is 36.4 Å². The molecule has 5 heteroatoms.